The zero-order chi connectivity index (χ0) is 13.1. The van der Waals surface area contributed by atoms with Crippen LogP contribution >= 0.6 is 0 Å². The van der Waals surface area contributed by atoms with E-state index in [-0.39, 0.29) is 24.6 Å². The first-order chi connectivity index (χ1) is 8.10. The van der Waals surface area contributed by atoms with Crippen molar-refractivity contribution in [2.45, 2.75) is 32.8 Å². The summed E-state index contributed by atoms with van der Waals surface area (Å²) in [4.78, 5) is 21.8. The van der Waals surface area contributed by atoms with Crippen LogP contribution in [0.3, 0.4) is 0 Å². The summed E-state index contributed by atoms with van der Waals surface area (Å²) in [6, 6.07) is 0. The fourth-order valence-electron chi connectivity index (χ4n) is 1.08. The number of carbonyl (C=O) groups is 2. The number of ether oxygens (including phenoxy) is 2. The summed E-state index contributed by atoms with van der Waals surface area (Å²) in [6.07, 6.45) is 4.41. The molecule has 0 aliphatic rings. The third-order valence-electron chi connectivity index (χ3n) is 2.02. The van der Waals surface area contributed by atoms with E-state index in [1.807, 2.05) is 6.92 Å². The monoisotopic (exact) mass is 260 g/mol. The average Bonchev–Trinajstić information content (AvgIpc) is 2.32. The van der Waals surface area contributed by atoms with Gasteiger partial charge in [0.25, 0.3) is 0 Å². The maximum absolute atomic E-state index is 10.9. The Morgan fingerprint density at radius 1 is 1.41 bits per heavy atom. The topological polar surface area (TPSA) is 61.8 Å². The van der Waals surface area contributed by atoms with Gasteiger partial charge in [0.2, 0.25) is 10.5 Å². The molecule has 0 aromatic rings. The Morgan fingerprint density at radius 3 is 2.71 bits per heavy atom. The number of esters is 1. The van der Waals surface area contributed by atoms with Crippen LogP contribution in [-0.4, -0.2) is 41.7 Å². The van der Waals surface area contributed by atoms with Crippen molar-refractivity contribution in [1.29, 1.82) is 0 Å². The minimum Gasteiger partial charge on any atom is -0.527 e. The van der Waals surface area contributed by atoms with Crippen molar-refractivity contribution in [1.82, 2.24) is 0 Å². The molecule has 0 N–H and O–H groups in total. The molecule has 0 rings (SSSR count). The van der Waals surface area contributed by atoms with Gasteiger partial charge in [-0.25, -0.2) is 4.79 Å². The third kappa shape index (κ3) is 9.77. The molecule has 6 heteroatoms. The summed E-state index contributed by atoms with van der Waals surface area (Å²) in [5.74, 6) is -0.663. The van der Waals surface area contributed by atoms with Crippen LogP contribution < -0.4 is 0 Å². The second-order valence-electron chi connectivity index (χ2n) is 3.51. The molecule has 0 aliphatic heterocycles. The van der Waals surface area contributed by atoms with E-state index in [9.17, 15) is 9.59 Å². The van der Waals surface area contributed by atoms with Crippen LogP contribution in [-0.2, 0) is 23.5 Å². The van der Waals surface area contributed by atoms with Gasteiger partial charge in [-0.1, -0.05) is 6.08 Å². The molecule has 0 spiro atoms. The Labute approximate surface area is 105 Å². The quantitative estimate of drug-likeness (QED) is 0.268. The van der Waals surface area contributed by atoms with E-state index >= 15 is 0 Å². The van der Waals surface area contributed by atoms with Crippen LogP contribution in [0, 0.1) is 0 Å². The number of hydrogen-bond acceptors (Lipinski definition) is 5. The predicted molar refractivity (Wildman–Crippen MR) is 66.5 cm³/mol. The molecule has 0 aromatic carbocycles. The van der Waals surface area contributed by atoms with Gasteiger partial charge in [-0.2, -0.15) is 0 Å². The van der Waals surface area contributed by atoms with Crippen LogP contribution in [0.2, 0.25) is 0 Å². The Bertz CT molecular complexity index is 265. The highest BCUT2D eigenvalue weighted by molar-refractivity contribution is 6.05. The molecule has 5 nitrogen and oxygen atoms in total. The molecule has 0 bridgehead atoms. The first kappa shape index (κ1) is 15.9. The Balaban J connectivity index is 3.48. The fraction of sp³-hybridized carbons (Fsp3) is 0.636. The molecule has 0 amide bonds. The summed E-state index contributed by atoms with van der Waals surface area (Å²) in [5.41, 5.74) is 0. The van der Waals surface area contributed by atoms with Gasteiger partial charge in [-0.15, -0.1) is 0 Å². The van der Waals surface area contributed by atoms with Crippen LogP contribution in [0.25, 0.3) is 0 Å². The zero-order valence-electron chi connectivity index (χ0n) is 10.6. The average molecular weight is 260 g/mol. The van der Waals surface area contributed by atoms with Crippen LogP contribution in [0.5, 0.6) is 0 Å². The highest BCUT2D eigenvalue weighted by Gasteiger charge is 2.06. The SMILES string of the molecule is CC=CC(=O)OCCCC(C)OCC(=O)O[SiH3]. The summed E-state index contributed by atoms with van der Waals surface area (Å²) < 4.78 is 14.7. The molecule has 0 fully saturated rings. The zero-order valence-corrected chi connectivity index (χ0v) is 12.6. The van der Waals surface area contributed by atoms with Gasteiger partial charge in [0, 0.05) is 6.08 Å². The Morgan fingerprint density at radius 2 is 2.12 bits per heavy atom. The van der Waals surface area contributed by atoms with Crippen LogP contribution in [0.4, 0.5) is 0 Å². The first-order valence-electron chi connectivity index (χ1n) is 5.58. The van der Waals surface area contributed by atoms with E-state index in [1.54, 1.807) is 13.0 Å². The molecule has 1 atom stereocenters. The molecule has 0 saturated carbocycles. The standard InChI is InChI=1S/C11H20O5Si/c1-3-5-10(12)14-7-4-6-9(2)15-8-11(13)16-17/h3,5,9H,4,6-8H2,1-2,17H3. The maximum atomic E-state index is 10.9. The predicted octanol–water partition coefficient (Wildman–Crippen LogP) is 0.115. The second kappa shape index (κ2) is 10.0. The summed E-state index contributed by atoms with van der Waals surface area (Å²) in [5, 5.41) is 0. The normalized spacial score (nSPS) is 12.6. The summed E-state index contributed by atoms with van der Waals surface area (Å²) in [7, 11) is 0.391. The maximum Gasteiger partial charge on any atom is 0.330 e. The Hall–Kier alpha value is -1.14. The number of rotatable bonds is 8. The van der Waals surface area contributed by atoms with Crippen molar-refractivity contribution in [2.75, 3.05) is 13.2 Å². The van der Waals surface area contributed by atoms with E-state index in [1.165, 1.54) is 6.08 Å². The van der Waals surface area contributed by atoms with Gasteiger partial charge in [0.1, 0.15) is 6.61 Å². The van der Waals surface area contributed by atoms with Gasteiger partial charge >= 0.3 is 11.9 Å². The molecular weight excluding hydrogens is 240 g/mol. The largest absolute Gasteiger partial charge is 0.527 e. The van der Waals surface area contributed by atoms with Crippen molar-refractivity contribution in [3.63, 3.8) is 0 Å². The van der Waals surface area contributed by atoms with E-state index in [4.69, 9.17) is 9.47 Å². The number of hydrogen-bond donors (Lipinski definition) is 0. The van der Waals surface area contributed by atoms with Crippen molar-refractivity contribution in [2.24, 2.45) is 0 Å². The Kier molecular flexibility index (Phi) is 9.36. The van der Waals surface area contributed by atoms with Gasteiger partial charge < -0.3 is 13.9 Å². The lowest BCUT2D eigenvalue weighted by Gasteiger charge is -2.11. The molecule has 0 saturated heterocycles. The van der Waals surface area contributed by atoms with Crippen LogP contribution in [0.15, 0.2) is 12.2 Å². The van der Waals surface area contributed by atoms with E-state index in [0.717, 1.165) is 6.42 Å². The van der Waals surface area contributed by atoms with Crippen molar-refractivity contribution < 1.29 is 23.5 Å². The van der Waals surface area contributed by atoms with Crippen molar-refractivity contribution in [3.05, 3.63) is 12.2 Å². The molecule has 0 aromatic heterocycles. The highest BCUT2D eigenvalue weighted by atomic mass is 28.2. The smallest absolute Gasteiger partial charge is 0.330 e. The van der Waals surface area contributed by atoms with Gasteiger partial charge in [-0.3, -0.25) is 4.79 Å². The molecule has 0 aliphatic carbocycles. The minimum absolute atomic E-state index is 0.0109. The first-order valence-corrected chi connectivity index (χ1v) is 6.39. The van der Waals surface area contributed by atoms with Gasteiger partial charge in [0.15, 0.2) is 0 Å². The van der Waals surface area contributed by atoms with E-state index in [0.29, 0.717) is 23.5 Å². The number of carbonyl (C=O) groups excluding carboxylic acids is 2. The minimum atomic E-state index is -0.333. The molecule has 0 heterocycles. The lowest BCUT2D eigenvalue weighted by Crippen LogP contribution is -2.17. The molecule has 0 radical (unpaired) electrons. The molecule has 98 valence electrons. The lowest BCUT2D eigenvalue weighted by atomic mass is 10.2. The molecule has 17 heavy (non-hydrogen) atoms. The van der Waals surface area contributed by atoms with E-state index in [2.05, 4.69) is 4.43 Å². The van der Waals surface area contributed by atoms with Gasteiger partial charge in [0.05, 0.1) is 12.7 Å². The molecule has 1 unspecified atom stereocenters. The third-order valence-corrected chi connectivity index (χ3v) is 2.47. The highest BCUT2D eigenvalue weighted by Crippen LogP contribution is 2.02. The summed E-state index contributed by atoms with van der Waals surface area (Å²) >= 11 is 0. The van der Waals surface area contributed by atoms with Gasteiger partial charge in [-0.05, 0) is 26.7 Å². The summed E-state index contributed by atoms with van der Waals surface area (Å²) in [6.45, 7) is 3.98. The lowest BCUT2D eigenvalue weighted by molar-refractivity contribution is -0.141. The number of allylic oxidation sites excluding steroid dienone is 1. The second-order valence-corrected chi connectivity index (χ2v) is 3.92. The van der Waals surface area contributed by atoms with Crippen molar-refractivity contribution in [3.8, 4) is 0 Å². The molecular formula is C11H20O5Si. The van der Waals surface area contributed by atoms with Crippen molar-refractivity contribution >= 4 is 22.4 Å². The van der Waals surface area contributed by atoms with E-state index < -0.39 is 0 Å². The van der Waals surface area contributed by atoms with Crippen LogP contribution in [0.1, 0.15) is 26.7 Å². The fourth-order valence-corrected chi connectivity index (χ4v) is 1.20.